The van der Waals surface area contributed by atoms with E-state index in [9.17, 15) is 9.59 Å². The molecule has 1 saturated carbocycles. The number of hydrogen-bond acceptors (Lipinski definition) is 4. The third kappa shape index (κ3) is 4.23. The van der Waals surface area contributed by atoms with Gasteiger partial charge in [0, 0.05) is 32.7 Å². The van der Waals surface area contributed by atoms with E-state index in [1.165, 1.54) is 10.5 Å². The number of urea groups is 1. The number of piperazine rings is 1. The summed E-state index contributed by atoms with van der Waals surface area (Å²) in [4.78, 5) is 31.8. The Kier molecular flexibility index (Phi) is 6.01. The molecule has 3 amide bonds. The van der Waals surface area contributed by atoms with Crippen molar-refractivity contribution in [2.75, 3.05) is 39.4 Å². The number of benzene rings is 1. The van der Waals surface area contributed by atoms with Crippen LogP contribution in [-0.4, -0.2) is 71.6 Å². The Morgan fingerprint density at radius 1 is 1.07 bits per heavy atom. The number of carbonyl (C=O) groups is 2. The van der Waals surface area contributed by atoms with Crippen molar-refractivity contribution in [2.24, 2.45) is 5.92 Å². The normalized spacial score (nSPS) is 29.1. The fourth-order valence-corrected chi connectivity index (χ4v) is 4.84. The molecular weight excluding hydrogens is 364 g/mol. The quantitative estimate of drug-likeness (QED) is 0.778. The highest BCUT2D eigenvalue weighted by molar-refractivity contribution is 6.07. The lowest BCUT2D eigenvalue weighted by atomic mass is 9.73. The van der Waals surface area contributed by atoms with Gasteiger partial charge in [-0.05, 0) is 24.3 Å². The van der Waals surface area contributed by atoms with Crippen LogP contribution in [-0.2, 0) is 4.79 Å². The second-order valence-corrected chi connectivity index (χ2v) is 8.65. The summed E-state index contributed by atoms with van der Waals surface area (Å²) in [6, 6.07) is 10.1. The monoisotopic (exact) mass is 396 g/mol. The summed E-state index contributed by atoms with van der Waals surface area (Å²) < 4.78 is 0. The standard InChI is InChI=1S/C23H32N4O2/c1-19-8-5-6-12-23(19)21(28)27(22(29)24-23)18-26-16-14-25(15-17-26)13-7-11-20-9-3-2-4-10-20/h2-4,7,9-11,19H,5-6,8,12-18H2,1H3,(H,24,29)/b11-7+/t19-,23-/m0/s1. The molecule has 156 valence electrons. The van der Waals surface area contributed by atoms with Gasteiger partial charge < -0.3 is 5.32 Å². The summed E-state index contributed by atoms with van der Waals surface area (Å²) in [6.07, 6.45) is 8.30. The molecule has 0 bridgehead atoms. The van der Waals surface area contributed by atoms with E-state index in [0.29, 0.717) is 6.67 Å². The summed E-state index contributed by atoms with van der Waals surface area (Å²) in [7, 11) is 0. The van der Waals surface area contributed by atoms with Crippen LogP contribution in [0.2, 0.25) is 0 Å². The van der Waals surface area contributed by atoms with E-state index >= 15 is 0 Å². The van der Waals surface area contributed by atoms with Crippen LogP contribution in [0.25, 0.3) is 6.08 Å². The molecule has 0 aromatic heterocycles. The molecule has 1 aliphatic carbocycles. The first kappa shape index (κ1) is 20.1. The van der Waals surface area contributed by atoms with Gasteiger partial charge in [-0.3, -0.25) is 14.6 Å². The molecule has 1 aromatic carbocycles. The highest BCUT2D eigenvalue weighted by Crippen LogP contribution is 2.38. The number of rotatable bonds is 5. The molecule has 29 heavy (non-hydrogen) atoms. The predicted octanol–water partition coefficient (Wildman–Crippen LogP) is 2.78. The molecule has 2 aliphatic heterocycles. The predicted molar refractivity (Wildman–Crippen MR) is 114 cm³/mol. The fourth-order valence-electron chi connectivity index (χ4n) is 4.84. The molecular formula is C23H32N4O2. The molecule has 6 heteroatoms. The van der Waals surface area contributed by atoms with E-state index in [2.05, 4.69) is 46.3 Å². The molecule has 3 fully saturated rings. The lowest BCUT2D eigenvalue weighted by molar-refractivity contribution is -0.136. The highest BCUT2D eigenvalue weighted by Gasteiger charge is 2.55. The Labute approximate surface area is 173 Å². The Hall–Kier alpha value is -2.18. The van der Waals surface area contributed by atoms with Crippen molar-refractivity contribution >= 4 is 18.0 Å². The third-order valence-electron chi connectivity index (χ3n) is 6.78. The van der Waals surface area contributed by atoms with Crippen LogP contribution in [0.1, 0.15) is 38.2 Å². The van der Waals surface area contributed by atoms with Crippen molar-refractivity contribution in [1.29, 1.82) is 0 Å². The van der Waals surface area contributed by atoms with Crippen molar-refractivity contribution in [3.8, 4) is 0 Å². The molecule has 2 atom stereocenters. The first-order chi connectivity index (χ1) is 14.1. The first-order valence-electron chi connectivity index (χ1n) is 10.9. The molecule has 1 spiro atoms. The summed E-state index contributed by atoms with van der Waals surface area (Å²) in [5.74, 6) is 0.203. The Balaban J connectivity index is 1.27. The average Bonchev–Trinajstić information content (AvgIpc) is 2.97. The van der Waals surface area contributed by atoms with Gasteiger partial charge in [0.1, 0.15) is 5.54 Å². The van der Waals surface area contributed by atoms with Crippen molar-refractivity contribution in [3.05, 3.63) is 42.0 Å². The maximum absolute atomic E-state index is 13.1. The Morgan fingerprint density at radius 2 is 1.79 bits per heavy atom. The van der Waals surface area contributed by atoms with Gasteiger partial charge in [-0.25, -0.2) is 9.69 Å². The zero-order valence-corrected chi connectivity index (χ0v) is 17.3. The van der Waals surface area contributed by atoms with Crippen LogP contribution in [0.15, 0.2) is 36.4 Å². The molecule has 0 unspecified atom stereocenters. The van der Waals surface area contributed by atoms with Gasteiger partial charge in [0.05, 0.1) is 6.67 Å². The Bertz CT molecular complexity index is 757. The van der Waals surface area contributed by atoms with E-state index in [4.69, 9.17) is 0 Å². The molecule has 4 rings (SSSR count). The maximum atomic E-state index is 13.1. The molecule has 6 nitrogen and oxygen atoms in total. The SMILES string of the molecule is C[C@H]1CCCC[C@]12NC(=O)N(CN1CCN(C/C=C/c3ccccc3)CC1)C2=O. The summed E-state index contributed by atoms with van der Waals surface area (Å²) in [5.41, 5.74) is 0.565. The second kappa shape index (κ2) is 8.67. The average molecular weight is 397 g/mol. The fraction of sp³-hybridized carbons (Fsp3) is 0.565. The first-order valence-corrected chi connectivity index (χ1v) is 10.9. The van der Waals surface area contributed by atoms with Crippen LogP contribution in [0, 0.1) is 5.92 Å². The zero-order valence-electron chi connectivity index (χ0n) is 17.3. The largest absolute Gasteiger partial charge is 0.326 e. The summed E-state index contributed by atoms with van der Waals surface area (Å²) in [5, 5.41) is 3.05. The van der Waals surface area contributed by atoms with Gasteiger partial charge in [-0.2, -0.15) is 0 Å². The van der Waals surface area contributed by atoms with Gasteiger partial charge in [-0.15, -0.1) is 0 Å². The number of imide groups is 1. The molecule has 2 saturated heterocycles. The van der Waals surface area contributed by atoms with Gasteiger partial charge in [0.15, 0.2) is 0 Å². The molecule has 1 aromatic rings. The van der Waals surface area contributed by atoms with Crippen LogP contribution >= 0.6 is 0 Å². The number of hydrogen-bond donors (Lipinski definition) is 1. The minimum absolute atomic E-state index is 0.0112. The van der Waals surface area contributed by atoms with Crippen molar-refractivity contribution in [2.45, 2.75) is 38.1 Å². The van der Waals surface area contributed by atoms with Crippen LogP contribution < -0.4 is 5.32 Å². The van der Waals surface area contributed by atoms with E-state index in [0.717, 1.165) is 58.4 Å². The van der Waals surface area contributed by atoms with E-state index in [-0.39, 0.29) is 17.9 Å². The number of carbonyl (C=O) groups excluding carboxylic acids is 2. The lowest BCUT2D eigenvalue weighted by Crippen LogP contribution is -2.55. The van der Waals surface area contributed by atoms with Crippen molar-refractivity contribution in [3.63, 3.8) is 0 Å². The molecule has 1 N–H and O–H groups in total. The van der Waals surface area contributed by atoms with Crippen LogP contribution in [0.3, 0.4) is 0 Å². The van der Waals surface area contributed by atoms with Gasteiger partial charge >= 0.3 is 6.03 Å². The summed E-state index contributed by atoms with van der Waals surface area (Å²) >= 11 is 0. The van der Waals surface area contributed by atoms with E-state index < -0.39 is 5.54 Å². The molecule has 0 radical (unpaired) electrons. The van der Waals surface area contributed by atoms with Gasteiger partial charge in [-0.1, -0.05) is 62.2 Å². The minimum atomic E-state index is -0.653. The topological polar surface area (TPSA) is 55.9 Å². The number of nitrogens with one attached hydrogen (secondary N) is 1. The summed E-state index contributed by atoms with van der Waals surface area (Å²) in [6.45, 7) is 7.08. The number of amides is 3. The van der Waals surface area contributed by atoms with E-state index in [1.54, 1.807) is 0 Å². The zero-order chi connectivity index (χ0) is 20.3. The minimum Gasteiger partial charge on any atom is -0.323 e. The number of nitrogens with zero attached hydrogens (tertiary/aromatic N) is 3. The smallest absolute Gasteiger partial charge is 0.323 e. The van der Waals surface area contributed by atoms with E-state index in [1.807, 2.05) is 18.2 Å². The van der Waals surface area contributed by atoms with Crippen molar-refractivity contribution in [1.82, 2.24) is 20.0 Å². The van der Waals surface area contributed by atoms with Gasteiger partial charge in [0.2, 0.25) is 0 Å². The lowest BCUT2D eigenvalue weighted by Gasteiger charge is -2.38. The van der Waals surface area contributed by atoms with Crippen LogP contribution in [0.4, 0.5) is 4.79 Å². The molecule has 2 heterocycles. The van der Waals surface area contributed by atoms with Crippen LogP contribution in [0.5, 0.6) is 0 Å². The highest BCUT2D eigenvalue weighted by atomic mass is 16.2. The maximum Gasteiger partial charge on any atom is 0.326 e. The second-order valence-electron chi connectivity index (χ2n) is 8.65. The Morgan fingerprint density at radius 3 is 2.52 bits per heavy atom. The van der Waals surface area contributed by atoms with Gasteiger partial charge in [0.25, 0.3) is 5.91 Å². The third-order valence-corrected chi connectivity index (χ3v) is 6.78. The molecule has 3 aliphatic rings. The van der Waals surface area contributed by atoms with Crippen molar-refractivity contribution < 1.29 is 9.59 Å².